The maximum atomic E-state index is 13.0. The standard InChI is InChI=1S/C19H16BrF3N2O2/c20-16-8-7-14(10-15(16)19(21,22)23)24-18(27)13-5-3-12(4-6-13)11-25-9-1-2-17(25)26/h3-8,10H,1-2,9,11H2,(H,24,27). The Morgan fingerprint density at radius 2 is 1.85 bits per heavy atom. The zero-order valence-electron chi connectivity index (χ0n) is 14.1. The van der Waals surface area contributed by atoms with Crippen LogP contribution in [0.1, 0.15) is 34.3 Å². The number of hydrogen-bond acceptors (Lipinski definition) is 2. The molecular formula is C19H16BrF3N2O2. The topological polar surface area (TPSA) is 49.4 Å². The molecule has 1 aliphatic rings. The molecule has 2 amide bonds. The van der Waals surface area contributed by atoms with Crippen molar-refractivity contribution in [3.05, 3.63) is 63.6 Å². The molecule has 3 rings (SSSR count). The molecule has 0 atom stereocenters. The summed E-state index contributed by atoms with van der Waals surface area (Å²) in [4.78, 5) is 25.7. The second-order valence-corrected chi connectivity index (χ2v) is 7.12. The van der Waals surface area contributed by atoms with Gasteiger partial charge in [-0.15, -0.1) is 0 Å². The molecule has 1 heterocycles. The van der Waals surface area contributed by atoms with Gasteiger partial charge in [0.2, 0.25) is 5.91 Å². The highest BCUT2D eigenvalue weighted by Crippen LogP contribution is 2.36. The molecule has 4 nitrogen and oxygen atoms in total. The number of alkyl halides is 3. The lowest BCUT2D eigenvalue weighted by Crippen LogP contribution is -2.23. The highest BCUT2D eigenvalue weighted by Gasteiger charge is 2.33. The third-order valence-electron chi connectivity index (χ3n) is 4.29. The number of hydrogen-bond donors (Lipinski definition) is 1. The van der Waals surface area contributed by atoms with Crippen molar-refractivity contribution in [3.63, 3.8) is 0 Å². The van der Waals surface area contributed by atoms with Gasteiger partial charge in [0, 0.05) is 35.2 Å². The van der Waals surface area contributed by atoms with Crippen molar-refractivity contribution in [2.24, 2.45) is 0 Å². The minimum absolute atomic E-state index is 0.0577. The van der Waals surface area contributed by atoms with Crippen LogP contribution >= 0.6 is 15.9 Å². The van der Waals surface area contributed by atoms with Crippen LogP contribution in [-0.4, -0.2) is 23.3 Å². The summed E-state index contributed by atoms with van der Waals surface area (Å²) in [7, 11) is 0. The van der Waals surface area contributed by atoms with Gasteiger partial charge >= 0.3 is 6.18 Å². The van der Waals surface area contributed by atoms with Crippen molar-refractivity contribution in [1.29, 1.82) is 0 Å². The number of likely N-dealkylation sites (tertiary alicyclic amines) is 1. The second kappa shape index (κ2) is 7.72. The van der Waals surface area contributed by atoms with Crippen LogP contribution in [0.3, 0.4) is 0 Å². The monoisotopic (exact) mass is 440 g/mol. The van der Waals surface area contributed by atoms with Gasteiger partial charge in [-0.05, 0) is 42.3 Å². The Hall–Kier alpha value is -2.35. The summed E-state index contributed by atoms with van der Waals surface area (Å²) in [6.07, 6.45) is -3.10. The molecule has 27 heavy (non-hydrogen) atoms. The first-order chi connectivity index (χ1) is 12.7. The van der Waals surface area contributed by atoms with E-state index in [2.05, 4.69) is 21.2 Å². The molecule has 142 valence electrons. The molecule has 0 aliphatic carbocycles. The number of anilines is 1. The van der Waals surface area contributed by atoms with Crippen molar-refractivity contribution in [2.45, 2.75) is 25.6 Å². The molecule has 1 aliphatic heterocycles. The predicted octanol–water partition coefficient (Wildman–Crippen LogP) is 4.84. The number of carbonyl (C=O) groups is 2. The van der Waals surface area contributed by atoms with E-state index in [4.69, 9.17) is 0 Å². The Morgan fingerprint density at radius 1 is 1.15 bits per heavy atom. The van der Waals surface area contributed by atoms with Crippen molar-refractivity contribution in [2.75, 3.05) is 11.9 Å². The Balaban J connectivity index is 1.68. The molecule has 0 aromatic heterocycles. The Morgan fingerprint density at radius 3 is 2.44 bits per heavy atom. The van der Waals surface area contributed by atoms with Gasteiger partial charge in [0.15, 0.2) is 0 Å². The second-order valence-electron chi connectivity index (χ2n) is 6.26. The van der Waals surface area contributed by atoms with Gasteiger partial charge in [0.25, 0.3) is 5.91 Å². The van der Waals surface area contributed by atoms with E-state index in [1.165, 1.54) is 12.1 Å². The van der Waals surface area contributed by atoms with Crippen LogP contribution in [-0.2, 0) is 17.5 Å². The smallest absolute Gasteiger partial charge is 0.338 e. The summed E-state index contributed by atoms with van der Waals surface area (Å²) in [5.41, 5.74) is 0.418. The number of nitrogens with zero attached hydrogens (tertiary/aromatic N) is 1. The van der Waals surface area contributed by atoms with E-state index in [1.54, 1.807) is 29.2 Å². The number of halogens is 4. The molecule has 0 saturated carbocycles. The molecule has 0 bridgehead atoms. The van der Waals surface area contributed by atoms with E-state index in [0.717, 1.165) is 24.6 Å². The molecule has 8 heteroatoms. The lowest BCUT2D eigenvalue weighted by molar-refractivity contribution is -0.138. The molecule has 1 fully saturated rings. The predicted molar refractivity (Wildman–Crippen MR) is 98.2 cm³/mol. The van der Waals surface area contributed by atoms with Gasteiger partial charge < -0.3 is 10.2 Å². The lowest BCUT2D eigenvalue weighted by atomic mass is 10.1. The van der Waals surface area contributed by atoms with Gasteiger partial charge in [-0.3, -0.25) is 9.59 Å². The van der Waals surface area contributed by atoms with Gasteiger partial charge in [0.05, 0.1) is 5.56 Å². The average molecular weight is 441 g/mol. The number of carbonyl (C=O) groups excluding carboxylic acids is 2. The highest BCUT2D eigenvalue weighted by molar-refractivity contribution is 9.10. The summed E-state index contributed by atoms with van der Waals surface area (Å²) in [6.45, 7) is 1.22. The first-order valence-corrected chi connectivity index (χ1v) is 9.08. The number of rotatable bonds is 4. The fraction of sp³-hybridized carbons (Fsp3) is 0.263. The highest BCUT2D eigenvalue weighted by atomic mass is 79.9. The Bertz CT molecular complexity index is 866. The number of amides is 2. The van der Waals surface area contributed by atoms with Crippen LogP contribution in [0.4, 0.5) is 18.9 Å². The van der Waals surface area contributed by atoms with E-state index in [0.29, 0.717) is 18.5 Å². The summed E-state index contributed by atoms with van der Waals surface area (Å²) < 4.78 is 38.8. The van der Waals surface area contributed by atoms with Crippen LogP contribution in [0.5, 0.6) is 0 Å². The summed E-state index contributed by atoms with van der Waals surface area (Å²) >= 11 is 2.86. The molecule has 0 radical (unpaired) electrons. The first-order valence-electron chi connectivity index (χ1n) is 8.29. The quantitative estimate of drug-likeness (QED) is 0.738. The van der Waals surface area contributed by atoms with Crippen LogP contribution in [0.2, 0.25) is 0 Å². The first kappa shape index (κ1) is 19.4. The summed E-state index contributed by atoms with van der Waals surface area (Å²) in [6, 6.07) is 10.2. The van der Waals surface area contributed by atoms with Crippen molar-refractivity contribution in [1.82, 2.24) is 4.90 Å². The normalized spacial score (nSPS) is 14.5. The van der Waals surface area contributed by atoms with Crippen LogP contribution < -0.4 is 5.32 Å². The zero-order chi connectivity index (χ0) is 19.6. The van der Waals surface area contributed by atoms with Crippen molar-refractivity contribution < 1.29 is 22.8 Å². The Kier molecular flexibility index (Phi) is 5.55. The minimum atomic E-state index is -4.52. The fourth-order valence-electron chi connectivity index (χ4n) is 2.88. The lowest BCUT2D eigenvalue weighted by Gasteiger charge is -2.15. The van der Waals surface area contributed by atoms with E-state index in [9.17, 15) is 22.8 Å². The SMILES string of the molecule is O=C(Nc1ccc(Br)c(C(F)(F)F)c1)c1ccc(CN2CCCC2=O)cc1. The molecule has 2 aromatic carbocycles. The maximum Gasteiger partial charge on any atom is 0.417 e. The molecule has 1 saturated heterocycles. The molecule has 0 unspecified atom stereocenters. The van der Waals surface area contributed by atoms with Gasteiger partial charge in [-0.2, -0.15) is 13.2 Å². The maximum absolute atomic E-state index is 13.0. The van der Waals surface area contributed by atoms with Crippen LogP contribution in [0.15, 0.2) is 46.9 Å². The van der Waals surface area contributed by atoms with Crippen molar-refractivity contribution in [3.8, 4) is 0 Å². The van der Waals surface area contributed by atoms with Crippen LogP contribution in [0, 0.1) is 0 Å². The molecule has 2 aromatic rings. The molecular weight excluding hydrogens is 425 g/mol. The van der Waals surface area contributed by atoms with E-state index in [1.807, 2.05) is 0 Å². The van der Waals surface area contributed by atoms with Crippen LogP contribution in [0.25, 0.3) is 0 Å². The van der Waals surface area contributed by atoms with E-state index < -0.39 is 17.6 Å². The van der Waals surface area contributed by atoms with Gasteiger partial charge in [-0.25, -0.2) is 0 Å². The molecule has 1 N–H and O–H groups in total. The zero-order valence-corrected chi connectivity index (χ0v) is 15.7. The molecule has 0 spiro atoms. The largest absolute Gasteiger partial charge is 0.417 e. The summed E-state index contributed by atoms with van der Waals surface area (Å²) in [5, 5.41) is 2.47. The minimum Gasteiger partial charge on any atom is -0.338 e. The third kappa shape index (κ3) is 4.68. The number of nitrogens with one attached hydrogen (secondary N) is 1. The fourth-order valence-corrected chi connectivity index (χ4v) is 3.35. The van der Waals surface area contributed by atoms with Gasteiger partial charge in [-0.1, -0.05) is 28.1 Å². The summed E-state index contributed by atoms with van der Waals surface area (Å²) in [5.74, 6) is -0.387. The number of benzene rings is 2. The Labute approximate surface area is 162 Å². The average Bonchev–Trinajstić information content (AvgIpc) is 3.01. The van der Waals surface area contributed by atoms with E-state index >= 15 is 0 Å². The third-order valence-corrected chi connectivity index (χ3v) is 4.98. The van der Waals surface area contributed by atoms with Gasteiger partial charge in [0.1, 0.15) is 0 Å². The van der Waals surface area contributed by atoms with Crippen molar-refractivity contribution >= 4 is 33.4 Å². The van der Waals surface area contributed by atoms with E-state index in [-0.39, 0.29) is 16.1 Å².